The van der Waals surface area contributed by atoms with Gasteiger partial charge in [0.05, 0.1) is 24.3 Å². The molecular weight excluding hydrogens is 296 g/mol. The Morgan fingerprint density at radius 2 is 2.24 bits per heavy atom. The first-order valence-electron chi connectivity index (χ1n) is 4.54. The van der Waals surface area contributed by atoms with Crippen molar-refractivity contribution in [2.45, 2.75) is 11.8 Å². The smallest absolute Gasteiger partial charge is 0.338 e. The van der Waals surface area contributed by atoms with Gasteiger partial charge in [0, 0.05) is 10.9 Å². The molecule has 17 heavy (non-hydrogen) atoms. The second kappa shape index (κ2) is 5.73. The number of esters is 1. The second-order valence-electron chi connectivity index (χ2n) is 3.13. The first-order valence-corrected chi connectivity index (χ1v) is 5.66. The van der Waals surface area contributed by atoms with Crippen molar-refractivity contribution in [3.8, 4) is 6.07 Å². The Hall–Kier alpha value is -1.48. The van der Waals surface area contributed by atoms with E-state index in [1.165, 1.54) is 0 Å². The van der Waals surface area contributed by atoms with Crippen molar-refractivity contribution in [1.82, 2.24) is 0 Å². The molecule has 0 bridgehead atoms. The molecule has 0 radical (unpaired) electrons. The molecule has 6 heteroatoms. The van der Waals surface area contributed by atoms with Gasteiger partial charge in [-0.25, -0.2) is 13.6 Å². The van der Waals surface area contributed by atoms with Gasteiger partial charge < -0.3 is 4.74 Å². The third kappa shape index (κ3) is 2.80. The number of nitriles is 1. The van der Waals surface area contributed by atoms with Crippen molar-refractivity contribution in [2.24, 2.45) is 0 Å². The molecule has 0 saturated heterocycles. The van der Waals surface area contributed by atoms with Crippen molar-refractivity contribution in [3.05, 3.63) is 34.4 Å². The zero-order valence-electron chi connectivity index (χ0n) is 8.84. The zero-order chi connectivity index (χ0) is 13.0. The van der Waals surface area contributed by atoms with Crippen LogP contribution in [0.25, 0.3) is 0 Å². The van der Waals surface area contributed by atoms with Crippen molar-refractivity contribution >= 4 is 21.9 Å². The minimum absolute atomic E-state index is 0.173. The zero-order valence-corrected chi connectivity index (χ0v) is 10.4. The summed E-state index contributed by atoms with van der Waals surface area (Å²) in [6.07, 6.45) is -2.80. The normalized spacial score (nSPS) is 10.1. The lowest BCUT2D eigenvalue weighted by Gasteiger charge is -2.10. The van der Waals surface area contributed by atoms with E-state index in [1.807, 2.05) is 6.07 Å². The first-order chi connectivity index (χ1) is 8.04. The van der Waals surface area contributed by atoms with Crippen molar-refractivity contribution in [1.29, 1.82) is 5.26 Å². The molecule has 3 nitrogen and oxygen atoms in total. The Labute approximate surface area is 105 Å². The Bertz CT molecular complexity index is 483. The van der Waals surface area contributed by atoms with E-state index >= 15 is 0 Å². The highest BCUT2D eigenvalue weighted by Crippen LogP contribution is 2.27. The lowest BCUT2D eigenvalue weighted by molar-refractivity contribution is 0.0589. The first kappa shape index (κ1) is 13.6. The fourth-order valence-corrected chi connectivity index (χ4v) is 1.81. The highest BCUT2D eigenvalue weighted by Gasteiger charge is 2.21. The highest BCUT2D eigenvalue weighted by atomic mass is 79.9. The van der Waals surface area contributed by atoms with Gasteiger partial charge in [-0.2, -0.15) is 5.26 Å². The maximum Gasteiger partial charge on any atom is 0.338 e. The summed E-state index contributed by atoms with van der Waals surface area (Å²) in [5, 5.41) is 9.11. The van der Waals surface area contributed by atoms with E-state index in [2.05, 4.69) is 20.7 Å². The topological polar surface area (TPSA) is 50.1 Å². The molecule has 0 spiro atoms. The molecular formula is C11H8BrF2NO2. The lowest BCUT2D eigenvalue weighted by atomic mass is 10.00. The summed E-state index contributed by atoms with van der Waals surface area (Å²) in [6.45, 7) is 0. The molecule has 0 aliphatic heterocycles. The Morgan fingerprint density at radius 1 is 1.59 bits per heavy atom. The van der Waals surface area contributed by atoms with Crippen LogP contribution < -0.4 is 0 Å². The van der Waals surface area contributed by atoms with E-state index < -0.39 is 18.0 Å². The third-order valence-electron chi connectivity index (χ3n) is 2.18. The number of hydrogen-bond acceptors (Lipinski definition) is 3. The van der Waals surface area contributed by atoms with Crippen LogP contribution in [-0.2, 0) is 10.1 Å². The van der Waals surface area contributed by atoms with Crippen molar-refractivity contribution in [3.63, 3.8) is 0 Å². The Kier molecular flexibility index (Phi) is 4.58. The van der Waals surface area contributed by atoms with Crippen LogP contribution in [0.3, 0.4) is 0 Å². The van der Waals surface area contributed by atoms with Gasteiger partial charge in [-0.1, -0.05) is 15.9 Å². The van der Waals surface area contributed by atoms with Crippen LogP contribution in [0.5, 0.6) is 0 Å². The van der Waals surface area contributed by atoms with E-state index in [9.17, 15) is 13.6 Å². The standard InChI is InChI=1S/C11H8BrF2NO2/c1-17-11(16)9-3-7(5-15)6(4-12)2-8(9)10(13)14/h2-3,10H,4H2,1H3. The van der Waals surface area contributed by atoms with Crippen LogP contribution in [0.2, 0.25) is 0 Å². The molecule has 0 saturated carbocycles. The molecule has 1 aromatic carbocycles. The predicted molar refractivity (Wildman–Crippen MR) is 60.1 cm³/mol. The van der Waals surface area contributed by atoms with E-state index in [0.717, 1.165) is 19.2 Å². The fourth-order valence-electron chi connectivity index (χ4n) is 1.35. The van der Waals surface area contributed by atoms with E-state index in [4.69, 9.17) is 5.26 Å². The number of methoxy groups -OCH3 is 1. The molecule has 0 aliphatic rings. The molecule has 1 aromatic rings. The van der Waals surface area contributed by atoms with Gasteiger partial charge in [-0.05, 0) is 17.7 Å². The van der Waals surface area contributed by atoms with Crippen molar-refractivity contribution in [2.75, 3.05) is 7.11 Å². The summed E-state index contributed by atoms with van der Waals surface area (Å²) in [5.74, 6) is -0.877. The summed E-state index contributed by atoms with van der Waals surface area (Å²) in [6, 6.07) is 4.12. The summed E-state index contributed by atoms with van der Waals surface area (Å²) in [7, 11) is 1.10. The molecule has 0 unspecified atom stereocenters. The van der Waals surface area contributed by atoms with Gasteiger partial charge in [0.1, 0.15) is 0 Å². The van der Waals surface area contributed by atoms with E-state index in [1.54, 1.807) is 0 Å². The number of carbonyl (C=O) groups is 1. The third-order valence-corrected chi connectivity index (χ3v) is 2.78. The molecule has 0 heterocycles. The number of halogens is 3. The van der Waals surface area contributed by atoms with Crippen LogP contribution >= 0.6 is 15.9 Å². The van der Waals surface area contributed by atoms with Gasteiger partial charge in [0.2, 0.25) is 0 Å². The minimum Gasteiger partial charge on any atom is -0.465 e. The number of nitrogens with zero attached hydrogens (tertiary/aromatic N) is 1. The van der Waals surface area contributed by atoms with Gasteiger partial charge >= 0.3 is 5.97 Å². The van der Waals surface area contributed by atoms with Crippen LogP contribution in [0.1, 0.15) is 33.5 Å². The van der Waals surface area contributed by atoms with Gasteiger partial charge in [-0.15, -0.1) is 0 Å². The molecule has 0 atom stereocenters. The average Bonchev–Trinajstić information content (AvgIpc) is 2.35. The molecule has 0 amide bonds. The number of rotatable bonds is 3. The van der Waals surface area contributed by atoms with Crippen LogP contribution in [-0.4, -0.2) is 13.1 Å². The van der Waals surface area contributed by atoms with E-state index in [-0.39, 0.29) is 16.5 Å². The highest BCUT2D eigenvalue weighted by molar-refractivity contribution is 9.08. The maximum atomic E-state index is 12.8. The second-order valence-corrected chi connectivity index (χ2v) is 3.70. The molecule has 0 fully saturated rings. The van der Waals surface area contributed by atoms with E-state index in [0.29, 0.717) is 5.56 Å². The SMILES string of the molecule is COC(=O)c1cc(C#N)c(CBr)cc1C(F)F. The van der Waals surface area contributed by atoms with Gasteiger partial charge in [0.25, 0.3) is 6.43 Å². The molecule has 0 aliphatic carbocycles. The minimum atomic E-state index is -2.80. The number of hydrogen-bond donors (Lipinski definition) is 0. The summed E-state index contributed by atoms with van der Waals surface area (Å²) in [4.78, 5) is 11.3. The van der Waals surface area contributed by atoms with Crippen LogP contribution in [0.15, 0.2) is 12.1 Å². The van der Waals surface area contributed by atoms with Crippen LogP contribution in [0.4, 0.5) is 8.78 Å². The number of carbonyl (C=O) groups excluding carboxylic acids is 1. The molecule has 0 aromatic heterocycles. The Morgan fingerprint density at radius 3 is 2.65 bits per heavy atom. The predicted octanol–water partition coefficient (Wildman–Crippen LogP) is 3.18. The molecule has 90 valence electrons. The molecule has 1 rings (SSSR count). The molecule has 0 N–H and O–H groups in total. The number of benzene rings is 1. The van der Waals surface area contributed by atoms with Gasteiger partial charge in [-0.3, -0.25) is 0 Å². The fraction of sp³-hybridized carbons (Fsp3) is 0.273. The average molecular weight is 304 g/mol. The Balaban J connectivity index is 3.47. The number of ether oxygens (including phenoxy) is 1. The lowest BCUT2D eigenvalue weighted by Crippen LogP contribution is -2.08. The maximum absolute atomic E-state index is 12.8. The monoisotopic (exact) mass is 303 g/mol. The summed E-state index contributed by atoms with van der Waals surface area (Å²) >= 11 is 3.10. The largest absolute Gasteiger partial charge is 0.465 e. The quantitative estimate of drug-likeness (QED) is 0.636. The summed E-state index contributed by atoms with van der Waals surface area (Å²) in [5.41, 5.74) is -0.115. The van der Waals surface area contributed by atoms with Crippen LogP contribution in [0, 0.1) is 11.3 Å². The number of alkyl halides is 3. The van der Waals surface area contributed by atoms with Crippen molar-refractivity contribution < 1.29 is 18.3 Å². The van der Waals surface area contributed by atoms with Gasteiger partial charge in [0.15, 0.2) is 0 Å². The summed E-state index contributed by atoms with van der Waals surface area (Å²) < 4.78 is 29.9.